The first-order valence-corrected chi connectivity index (χ1v) is 9.10. The van der Waals surface area contributed by atoms with Gasteiger partial charge in [-0.15, -0.1) is 24.8 Å². The number of nitrogens with zero attached hydrogens (tertiary/aromatic N) is 1. The summed E-state index contributed by atoms with van der Waals surface area (Å²) in [6.45, 7) is 2.76. The number of hydrogen-bond acceptors (Lipinski definition) is 3. The fourth-order valence-electron chi connectivity index (χ4n) is 2.90. The minimum Gasteiger partial charge on any atom is -0.314 e. The number of nitrogens with one attached hydrogen (secondary N) is 1. The van der Waals surface area contributed by atoms with Crippen molar-refractivity contribution in [1.29, 1.82) is 0 Å². The number of rotatable bonds is 5. The summed E-state index contributed by atoms with van der Waals surface area (Å²) in [5.41, 5.74) is 0.689. The maximum atomic E-state index is 13.9. The molecule has 0 amide bonds. The first kappa shape index (κ1) is 23.5. The minimum atomic E-state index is -2.42. The molecule has 0 bridgehead atoms. The molecule has 0 aromatic heterocycles. The molecule has 1 saturated heterocycles. The Hall–Kier alpha value is -0.560. The SMILES string of the molecule is Cl.Cl.FC(F)[C@H](c1ccccc1Sc1ccc(Cl)cc1)N1CCNCC1. The van der Waals surface area contributed by atoms with Crippen LogP contribution in [-0.2, 0) is 0 Å². The lowest BCUT2D eigenvalue weighted by Crippen LogP contribution is -2.47. The second-order valence-corrected chi connectivity index (χ2v) is 7.21. The van der Waals surface area contributed by atoms with Crippen LogP contribution in [0, 0.1) is 0 Å². The molecule has 0 saturated carbocycles. The van der Waals surface area contributed by atoms with E-state index in [1.807, 2.05) is 53.4 Å². The number of piperazine rings is 1. The third kappa shape index (κ3) is 5.98. The van der Waals surface area contributed by atoms with Gasteiger partial charge >= 0.3 is 0 Å². The minimum absolute atomic E-state index is 0. The zero-order chi connectivity index (χ0) is 16.9. The average Bonchev–Trinajstić information content (AvgIpc) is 2.59. The Morgan fingerprint density at radius 1 is 0.962 bits per heavy atom. The van der Waals surface area contributed by atoms with Crippen molar-refractivity contribution in [2.45, 2.75) is 22.3 Å². The fraction of sp³-hybridized carbons (Fsp3) is 0.333. The number of benzene rings is 2. The van der Waals surface area contributed by atoms with E-state index in [-0.39, 0.29) is 24.8 Å². The first-order valence-electron chi connectivity index (χ1n) is 7.90. The van der Waals surface area contributed by atoms with Gasteiger partial charge in [0.15, 0.2) is 0 Å². The summed E-state index contributed by atoms with van der Waals surface area (Å²) in [5, 5.41) is 3.88. The Bertz CT molecular complexity index is 668. The summed E-state index contributed by atoms with van der Waals surface area (Å²) in [6, 6.07) is 14.0. The Labute approximate surface area is 174 Å². The molecule has 2 aromatic rings. The van der Waals surface area contributed by atoms with Crippen LogP contribution >= 0.6 is 48.2 Å². The Morgan fingerprint density at radius 2 is 1.58 bits per heavy atom. The molecular formula is C18H21Cl3F2N2S. The standard InChI is InChI=1S/C18H19ClF2N2S.2ClH/c19-13-5-7-14(8-6-13)24-16-4-2-1-3-15(16)17(18(20)21)23-11-9-22-10-12-23;;/h1-8,17-18,22H,9-12H2;2*1H/t17-;;/m0../s1. The average molecular weight is 442 g/mol. The van der Waals surface area contributed by atoms with Gasteiger partial charge in [-0.3, -0.25) is 4.90 Å². The zero-order valence-corrected chi connectivity index (χ0v) is 17.1. The fourth-order valence-corrected chi connectivity index (χ4v) is 4.00. The highest BCUT2D eigenvalue weighted by molar-refractivity contribution is 7.99. The summed E-state index contributed by atoms with van der Waals surface area (Å²) in [4.78, 5) is 3.73. The summed E-state index contributed by atoms with van der Waals surface area (Å²) in [7, 11) is 0. The van der Waals surface area contributed by atoms with Crippen LogP contribution in [-0.4, -0.2) is 37.5 Å². The number of halogens is 5. The van der Waals surface area contributed by atoms with Crippen LogP contribution in [0.1, 0.15) is 11.6 Å². The van der Waals surface area contributed by atoms with Gasteiger partial charge in [0.25, 0.3) is 6.43 Å². The van der Waals surface area contributed by atoms with Crippen LogP contribution in [0.5, 0.6) is 0 Å². The molecule has 0 radical (unpaired) electrons. The van der Waals surface area contributed by atoms with Gasteiger partial charge in [0.2, 0.25) is 0 Å². The highest BCUT2D eigenvalue weighted by Gasteiger charge is 2.31. The van der Waals surface area contributed by atoms with Gasteiger partial charge < -0.3 is 5.32 Å². The van der Waals surface area contributed by atoms with Crippen molar-refractivity contribution in [2.75, 3.05) is 26.2 Å². The molecule has 8 heteroatoms. The van der Waals surface area contributed by atoms with Crippen molar-refractivity contribution >= 4 is 48.2 Å². The van der Waals surface area contributed by atoms with Crippen LogP contribution < -0.4 is 5.32 Å². The lowest BCUT2D eigenvalue weighted by Gasteiger charge is -2.35. The molecule has 26 heavy (non-hydrogen) atoms. The van der Waals surface area contributed by atoms with E-state index in [1.165, 1.54) is 11.8 Å². The van der Waals surface area contributed by atoms with Gasteiger partial charge in [0, 0.05) is 41.0 Å². The van der Waals surface area contributed by atoms with E-state index < -0.39 is 12.5 Å². The van der Waals surface area contributed by atoms with E-state index >= 15 is 0 Å². The van der Waals surface area contributed by atoms with Crippen molar-refractivity contribution in [2.24, 2.45) is 0 Å². The molecule has 1 aliphatic heterocycles. The lowest BCUT2D eigenvalue weighted by molar-refractivity contribution is 0.0169. The van der Waals surface area contributed by atoms with Gasteiger partial charge in [-0.1, -0.05) is 41.6 Å². The maximum Gasteiger partial charge on any atom is 0.258 e. The van der Waals surface area contributed by atoms with Crippen molar-refractivity contribution in [3.8, 4) is 0 Å². The van der Waals surface area contributed by atoms with Gasteiger partial charge in [0.05, 0.1) is 6.04 Å². The van der Waals surface area contributed by atoms with E-state index in [2.05, 4.69) is 5.32 Å². The molecule has 1 aliphatic rings. The van der Waals surface area contributed by atoms with Crippen molar-refractivity contribution in [3.63, 3.8) is 0 Å². The Morgan fingerprint density at radius 3 is 2.19 bits per heavy atom. The molecule has 1 heterocycles. The molecule has 1 atom stereocenters. The largest absolute Gasteiger partial charge is 0.314 e. The smallest absolute Gasteiger partial charge is 0.258 e. The van der Waals surface area contributed by atoms with Gasteiger partial charge in [-0.05, 0) is 35.9 Å². The highest BCUT2D eigenvalue weighted by atomic mass is 35.5. The quantitative estimate of drug-likeness (QED) is 0.655. The number of alkyl halides is 2. The number of hydrogen-bond donors (Lipinski definition) is 1. The molecule has 1 N–H and O–H groups in total. The van der Waals surface area contributed by atoms with Crippen LogP contribution in [0.3, 0.4) is 0 Å². The Balaban J connectivity index is 0.00000169. The van der Waals surface area contributed by atoms with Crippen molar-refractivity contribution in [3.05, 3.63) is 59.1 Å². The zero-order valence-electron chi connectivity index (χ0n) is 13.9. The van der Waals surface area contributed by atoms with Crippen LogP contribution in [0.15, 0.2) is 58.3 Å². The maximum absolute atomic E-state index is 13.9. The molecule has 2 aromatic carbocycles. The Kier molecular flexibility index (Phi) is 10.2. The van der Waals surface area contributed by atoms with E-state index in [9.17, 15) is 8.78 Å². The van der Waals surface area contributed by atoms with Gasteiger partial charge in [0.1, 0.15) is 0 Å². The second-order valence-electron chi connectivity index (χ2n) is 5.66. The third-order valence-corrected chi connectivity index (χ3v) is 5.41. The van der Waals surface area contributed by atoms with Crippen LogP contribution in [0.25, 0.3) is 0 Å². The molecular weight excluding hydrogens is 421 g/mol. The van der Waals surface area contributed by atoms with E-state index in [0.29, 0.717) is 23.7 Å². The molecule has 0 aliphatic carbocycles. The lowest BCUT2D eigenvalue weighted by atomic mass is 10.0. The van der Waals surface area contributed by atoms with Crippen molar-refractivity contribution in [1.82, 2.24) is 10.2 Å². The normalized spacial score (nSPS) is 15.8. The van der Waals surface area contributed by atoms with Crippen LogP contribution in [0.4, 0.5) is 8.78 Å². The molecule has 1 fully saturated rings. The summed E-state index contributed by atoms with van der Waals surface area (Å²) < 4.78 is 27.7. The highest BCUT2D eigenvalue weighted by Crippen LogP contribution is 2.38. The van der Waals surface area contributed by atoms with Crippen molar-refractivity contribution < 1.29 is 8.78 Å². The molecule has 0 spiro atoms. The van der Waals surface area contributed by atoms with Gasteiger partial charge in [-0.25, -0.2) is 8.78 Å². The second kappa shape index (κ2) is 11.3. The summed E-state index contributed by atoms with van der Waals surface area (Å²) in [6.07, 6.45) is -2.42. The molecule has 0 unspecified atom stereocenters. The third-order valence-electron chi connectivity index (χ3n) is 4.06. The van der Waals surface area contributed by atoms with Crippen LogP contribution in [0.2, 0.25) is 5.02 Å². The summed E-state index contributed by atoms with van der Waals surface area (Å²) in [5.74, 6) is 0. The van der Waals surface area contributed by atoms with Gasteiger partial charge in [-0.2, -0.15) is 0 Å². The van der Waals surface area contributed by atoms with E-state index in [1.54, 1.807) is 0 Å². The molecule has 3 rings (SSSR count). The first-order chi connectivity index (χ1) is 11.6. The predicted molar refractivity (Wildman–Crippen MR) is 110 cm³/mol. The topological polar surface area (TPSA) is 15.3 Å². The predicted octanol–water partition coefficient (Wildman–Crippen LogP) is 5.55. The molecule has 144 valence electrons. The summed E-state index contributed by atoms with van der Waals surface area (Å²) >= 11 is 7.42. The van der Waals surface area contributed by atoms with E-state index in [4.69, 9.17) is 11.6 Å². The molecule has 2 nitrogen and oxygen atoms in total. The van der Waals surface area contributed by atoms with E-state index in [0.717, 1.165) is 22.9 Å². The monoisotopic (exact) mass is 440 g/mol.